The average Bonchev–Trinajstić information content (AvgIpc) is 2.92. The van der Waals surface area contributed by atoms with Gasteiger partial charge in [-0.05, 0) is 49.2 Å². The molecule has 0 bridgehead atoms. The van der Waals surface area contributed by atoms with Crippen LogP contribution in [0.25, 0.3) is 0 Å². The van der Waals surface area contributed by atoms with Gasteiger partial charge < -0.3 is 10.1 Å². The van der Waals surface area contributed by atoms with Crippen molar-refractivity contribution in [1.82, 2.24) is 5.32 Å². The Kier molecular flexibility index (Phi) is 6.72. The number of aryl methyl sites for hydroxylation is 2. The fraction of sp³-hybridized carbons (Fsp3) is 0.167. The Morgan fingerprint density at radius 2 is 1.38 bits per heavy atom. The summed E-state index contributed by atoms with van der Waals surface area (Å²) >= 11 is 0. The fourth-order valence-electron chi connectivity index (χ4n) is 4.40. The summed E-state index contributed by atoms with van der Waals surface area (Å²) in [6, 6.07) is 30.8. The Bertz CT molecular complexity index is 1500. The van der Waals surface area contributed by atoms with Gasteiger partial charge in [-0.1, -0.05) is 90.0 Å². The highest BCUT2D eigenvalue weighted by atomic mass is 32.2. The molecule has 2 atom stereocenters. The van der Waals surface area contributed by atoms with Gasteiger partial charge in [0.15, 0.2) is 6.10 Å². The highest BCUT2D eigenvalue weighted by Crippen LogP contribution is 2.37. The molecule has 1 heterocycles. The quantitative estimate of drug-likeness (QED) is 0.387. The van der Waals surface area contributed by atoms with Crippen molar-refractivity contribution in [3.05, 3.63) is 125 Å². The molecule has 0 radical (unpaired) electrons. The number of amides is 1. The minimum absolute atomic E-state index is 0.144. The van der Waals surface area contributed by atoms with E-state index in [4.69, 9.17) is 4.74 Å². The summed E-state index contributed by atoms with van der Waals surface area (Å²) in [5.74, 6) is -0.0516. The van der Waals surface area contributed by atoms with Gasteiger partial charge >= 0.3 is 0 Å². The minimum Gasteiger partial charge on any atom is -0.476 e. The van der Waals surface area contributed by atoms with Crippen molar-refractivity contribution in [2.75, 3.05) is 10.8 Å². The lowest BCUT2D eigenvalue weighted by Crippen LogP contribution is -2.51. The summed E-state index contributed by atoms with van der Waals surface area (Å²) in [5.41, 5.74) is 4.32. The number of anilines is 1. The molecule has 0 saturated heterocycles. The molecule has 1 N–H and O–H groups in total. The zero-order valence-corrected chi connectivity index (χ0v) is 21.5. The van der Waals surface area contributed by atoms with E-state index in [2.05, 4.69) is 5.32 Å². The number of sulfonamides is 1. The normalized spacial score (nSPS) is 15.8. The third-order valence-electron chi connectivity index (χ3n) is 6.47. The second-order valence-electron chi connectivity index (χ2n) is 9.19. The predicted octanol–water partition coefficient (Wildman–Crippen LogP) is 5.17. The largest absolute Gasteiger partial charge is 0.476 e. The first kappa shape index (κ1) is 24.6. The molecule has 1 aliphatic heterocycles. The van der Waals surface area contributed by atoms with Crippen molar-refractivity contribution in [3.63, 3.8) is 0 Å². The number of hydrogen-bond donors (Lipinski definition) is 1. The van der Waals surface area contributed by atoms with Gasteiger partial charge in [0.2, 0.25) is 0 Å². The second kappa shape index (κ2) is 10.1. The third kappa shape index (κ3) is 5.08. The molecule has 1 amide bonds. The summed E-state index contributed by atoms with van der Waals surface area (Å²) in [7, 11) is -3.92. The number of carbonyl (C=O) groups is 1. The lowest BCUT2D eigenvalue weighted by molar-refractivity contribution is -0.128. The molecule has 6 nitrogen and oxygen atoms in total. The number of para-hydroxylation sites is 2. The average molecular weight is 513 g/mol. The molecule has 0 aromatic heterocycles. The van der Waals surface area contributed by atoms with Crippen LogP contribution in [0.1, 0.15) is 28.3 Å². The first-order chi connectivity index (χ1) is 17.8. The maximum atomic E-state index is 13.7. The van der Waals surface area contributed by atoms with Crippen LogP contribution in [0, 0.1) is 13.8 Å². The van der Waals surface area contributed by atoms with Gasteiger partial charge in [0.05, 0.1) is 23.2 Å². The molecule has 0 aliphatic carbocycles. The van der Waals surface area contributed by atoms with E-state index in [1.807, 2.05) is 68.4 Å². The van der Waals surface area contributed by atoms with Crippen molar-refractivity contribution in [3.8, 4) is 5.75 Å². The molecule has 0 spiro atoms. The molecule has 188 valence electrons. The summed E-state index contributed by atoms with van der Waals surface area (Å²) in [6.45, 7) is 3.77. The highest BCUT2D eigenvalue weighted by Gasteiger charge is 2.38. The SMILES string of the molecule is Cc1ccc([C@@H](NC(=O)[C@H]2CN(S(=O)(=O)c3ccc(C)cc3)c3ccccc3O2)c2ccccc2)cc1. The standard InChI is InChI=1S/C30H28N2O4S/c1-21-12-16-24(17-13-21)29(23-8-4-3-5-9-23)31-30(33)28-20-32(26-10-6-7-11-27(26)36-28)37(34,35)25-18-14-22(2)15-19-25/h3-19,28-29H,20H2,1-2H3,(H,31,33)/t28-,29+/m1/s1. The van der Waals surface area contributed by atoms with E-state index >= 15 is 0 Å². The van der Waals surface area contributed by atoms with Gasteiger partial charge in [-0.2, -0.15) is 0 Å². The predicted molar refractivity (Wildman–Crippen MR) is 144 cm³/mol. The molecule has 4 aromatic carbocycles. The van der Waals surface area contributed by atoms with Crippen LogP contribution in [0.15, 0.2) is 108 Å². The molecule has 0 saturated carbocycles. The Hall–Kier alpha value is -4.10. The zero-order chi connectivity index (χ0) is 26.0. The maximum Gasteiger partial charge on any atom is 0.264 e. The molecular formula is C30H28N2O4S. The minimum atomic E-state index is -3.92. The van der Waals surface area contributed by atoms with Crippen LogP contribution in [0.2, 0.25) is 0 Å². The molecule has 4 aromatic rings. The number of carbonyl (C=O) groups excluding carboxylic acids is 1. The molecule has 5 rings (SSSR count). The second-order valence-corrected chi connectivity index (χ2v) is 11.0. The number of hydrogen-bond acceptors (Lipinski definition) is 4. The summed E-state index contributed by atoms with van der Waals surface area (Å²) in [5, 5.41) is 3.10. The first-order valence-corrected chi connectivity index (χ1v) is 13.5. The third-order valence-corrected chi connectivity index (χ3v) is 8.26. The monoisotopic (exact) mass is 512 g/mol. The number of nitrogens with zero attached hydrogens (tertiary/aromatic N) is 1. The van der Waals surface area contributed by atoms with Gasteiger partial charge in [0.1, 0.15) is 5.75 Å². The van der Waals surface area contributed by atoms with E-state index in [-0.39, 0.29) is 11.4 Å². The van der Waals surface area contributed by atoms with E-state index in [1.54, 1.807) is 48.5 Å². The first-order valence-electron chi connectivity index (χ1n) is 12.1. The Morgan fingerprint density at radius 3 is 2.05 bits per heavy atom. The Balaban J connectivity index is 1.47. The van der Waals surface area contributed by atoms with Crippen molar-refractivity contribution in [1.29, 1.82) is 0 Å². The molecule has 0 fully saturated rings. The van der Waals surface area contributed by atoms with Crippen LogP contribution in [0.3, 0.4) is 0 Å². The molecule has 37 heavy (non-hydrogen) atoms. The van der Waals surface area contributed by atoms with Gasteiger partial charge in [0, 0.05) is 0 Å². The van der Waals surface area contributed by atoms with Crippen molar-refractivity contribution < 1.29 is 17.9 Å². The molecule has 1 aliphatic rings. The van der Waals surface area contributed by atoms with Crippen LogP contribution in [0.5, 0.6) is 5.75 Å². The smallest absolute Gasteiger partial charge is 0.264 e. The van der Waals surface area contributed by atoms with E-state index in [9.17, 15) is 13.2 Å². The number of ether oxygens (including phenoxy) is 1. The lowest BCUT2D eigenvalue weighted by Gasteiger charge is -2.35. The number of rotatable bonds is 6. The van der Waals surface area contributed by atoms with Crippen LogP contribution < -0.4 is 14.4 Å². The van der Waals surface area contributed by atoms with E-state index in [1.165, 1.54) is 4.31 Å². The van der Waals surface area contributed by atoms with Crippen LogP contribution in [-0.2, 0) is 14.8 Å². The molecule has 0 unspecified atom stereocenters. The van der Waals surface area contributed by atoms with E-state index in [0.717, 1.165) is 22.3 Å². The fourth-order valence-corrected chi connectivity index (χ4v) is 5.88. The van der Waals surface area contributed by atoms with E-state index < -0.39 is 28.1 Å². The van der Waals surface area contributed by atoms with Crippen LogP contribution >= 0.6 is 0 Å². The number of benzene rings is 4. The van der Waals surface area contributed by atoms with Crippen molar-refractivity contribution >= 4 is 21.6 Å². The number of nitrogens with one attached hydrogen (secondary N) is 1. The van der Waals surface area contributed by atoms with Gasteiger partial charge in [-0.3, -0.25) is 9.10 Å². The van der Waals surface area contributed by atoms with Gasteiger partial charge in [0.25, 0.3) is 15.9 Å². The van der Waals surface area contributed by atoms with Gasteiger partial charge in [-0.15, -0.1) is 0 Å². The summed E-state index contributed by atoms with van der Waals surface area (Å²) in [6.07, 6.45) is -1.04. The topological polar surface area (TPSA) is 75.7 Å². The molecular weight excluding hydrogens is 484 g/mol. The van der Waals surface area contributed by atoms with Crippen molar-refractivity contribution in [2.24, 2.45) is 0 Å². The lowest BCUT2D eigenvalue weighted by atomic mass is 9.97. The van der Waals surface area contributed by atoms with Crippen molar-refractivity contribution in [2.45, 2.75) is 30.9 Å². The van der Waals surface area contributed by atoms with Gasteiger partial charge in [-0.25, -0.2) is 8.42 Å². The number of fused-ring (bicyclic) bond motifs is 1. The summed E-state index contributed by atoms with van der Waals surface area (Å²) < 4.78 is 34.6. The van der Waals surface area contributed by atoms with Crippen LogP contribution in [0.4, 0.5) is 5.69 Å². The van der Waals surface area contributed by atoms with E-state index in [0.29, 0.717) is 11.4 Å². The maximum absolute atomic E-state index is 13.7. The molecule has 7 heteroatoms. The Morgan fingerprint density at radius 1 is 0.811 bits per heavy atom. The van der Waals surface area contributed by atoms with Crippen LogP contribution in [-0.4, -0.2) is 27.0 Å². The summed E-state index contributed by atoms with van der Waals surface area (Å²) in [4.78, 5) is 13.8. The Labute approximate surface area is 217 Å². The zero-order valence-electron chi connectivity index (χ0n) is 20.7. The highest BCUT2D eigenvalue weighted by molar-refractivity contribution is 7.92.